The number of nitrogen functional groups attached to an aromatic ring is 1. The van der Waals surface area contributed by atoms with Crippen LogP contribution in [0.5, 0.6) is 0 Å². The first kappa shape index (κ1) is 9.02. The summed E-state index contributed by atoms with van der Waals surface area (Å²) < 4.78 is 1.94. The van der Waals surface area contributed by atoms with E-state index in [9.17, 15) is 0 Å². The average Bonchev–Trinajstić information content (AvgIpc) is 2.43. The number of aryl methyl sites for hydroxylation is 1. The molecule has 0 amide bonds. The fourth-order valence-electron chi connectivity index (χ4n) is 1.62. The maximum Gasteiger partial charge on any atom is 0.201 e. The Morgan fingerprint density at radius 2 is 2.21 bits per heavy atom. The first-order valence-corrected chi connectivity index (χ1v) is 4.65. The molecular weight excluding hydrogens is 176 g/mol. The van der Waals surface area contributed by atoms with Crippen molar-refractivity contribution < 1.29 is 0 Å². The largest absolute Gasteiger partial charge is 0.369 e. The van der Waals surface area contributed by atoms with Crippen LogP contribution < -0.4 is 11.5 Å². The first-order valence-electron chi connectivity index (χ1n) is 4.65. The van der Waals surface area contributed by atoms with Gasteiger partial charge in [0, 0.05) is 13.1 Å². The van der Waals surface area contributed by atoms with Gasteiger partial charge in [0.1, 0.15) is 0 Å². The van der Waals surface area contributed by atoms with E-state index in [0.29, 0.717) is 19.0 Å². The normalized spacial score (nSPS) is 11.0. The lowest BCUT2D eigenvalue weighted by Crippen LogP contribution is -2.11. The molecular formula is C10H14N4. The van der Waals surface area contributed by atoms with Gasteiger partial charge in [-0.25, -0.2) is 4.98 Å². The average molecular weight is 190 g/mol. The van der Waals surface area contributed by atoms with Crippen LogP contribution in [0.3, 0.4) is 0 Å². The van der Waals surface area contributed by atoms with Gasteiger partial charge in [-0.3, -0.25) is 0 Å². The van der Waals surface area contributed by atoms with E-state index in [1.54, 1.807) is 0 Å². The van der Waals surface area contributed by atoms with E-state index in [1.807, 2.05) is 23.6 Å². The summed E-state index contributed by atoms with van der Waals surface area (Å²) in [5.74, 6) is 0.538. The maximum atomic E-state index is 5.79. The van der Waals surface area contributed by atoms with E-state index in [0.717, 1.165) is 11.0 Å². The third kappa shape index (κ3) is 1.33. The van der Waals surface area contributed by atoms with Crippen molar-refractivity contribution in [3.63, 3.8) is 0 Å². The Morgan fingerprint density at radius 3 is 2.93 bits per heavy atom. The van der Waals surface area contributed by atoms with Crippen LogP contribution in [-0.2, 0) is 6.54 Å². The minimum Gasteiger partial charge on any atom is -0.369 e. The highest BCUT2D eigenvalue weighted by Crippen LogP contribution is 2.18. The first-order chi connectivity index (χ1) is 6.72. The molecule has 0 bridgehead atoms. The lowest BCUT2D eigenvalue weighted by atomic mass is 10.2. The van der Waals surface area contributed by atoms with Crippen LogP contribution in [0.1, 0.15) is 5.56 Å². The molecule has 2 rings (SSSR count). The third-order valence-corrected chi connectivity index (χ3v) is 2.29. The zero-order chi connectivity index (χ0) is 10.1. The third-order valence-electron chi connectivity index (χ3n) is 2.29. The number of benzene rings is 1. The molecule has 0 spiro atoms. The maximum absolute atomic E-state index is 5.79. The van der Waals surface area contributed by atoms with Crippen LogP contribution in [0.15, 0.2) is 18.2 Å². The van der Waals surface area contributed by atoms with E-state index in [-0.39, 0.29) is 0 Å². The molecule has 4 heteroatoms. The summed E-state index contributed by atoms with van der Waals surface area (Å²) in [5, 5.41) is 0. The van der Waals surface area contributed by atoms with E-state index < -0.39 is 0 Å². The van der Waals surface area contributed by atoms with E-state index in [1.165, 1.54) is 5.56 Å². The summed E-state index contributed by atoms with van der Waals surface area (Å²) in [6, 6.07) is 6.11. The summed E-state index contributed by atoms with van der Waals surface area (Å²) >= 11 is 0. The van der Waals surface area contributed by atoms with Crippen molar-refractivity contribution in [3.8, 4) is 0 Å². The molecule has 0 saturated carbocycles. The number of nitrogens with two attached hydrogens (primary N) is 2. The molecule has 4 N–H and O–H groups in total. The van der Waals surface area contributed by atoms with Gasteiger partial charge in [-0.05, 0) is 24.6 Å². The molecule has 0 aliphatic carbocycles. The van der Waals surface area contributed by atoms with Gasteiger partial charge in [0.25, 0.3) is 0 Å². The predicted octanol–water partition coefficient (Wildman–Crippen LogP) is 0.886. The molecule has 1 aromatic carbocycles. The van der Waals surface area contributed by atoms with Crippen molar-refractivity contribution in [1.29, 1.82) is 0 Å². The van der Waals surface area contributed by atoms with Crippen LogP contribution in [-0.4, -0.2) is 16.1 Å². The summed E-state index contributed by atoms with van der Waals surface area (Å²) in [6.07, 6.45) is 0. The molecule has 1 heterocycles. The molecule has 1 aromatic heterocycles. The molecule has 14 heavy (non-hydrogen) atoms. The van der Waals surface area contributed by atoms with Crippen LogP contribution in [0.4, 0.5) is 5.95 Å². The van der Waals surface area contributed by atoms with Crippen LogP contribution in [0.25, 0.3) is 11.0 Å². The molecule has 4 nitrogen and oxygen atoms in total. The molecule has 0 saturated heterocycles. The molecule has 0 atom stereocenters. The standard InChI is InChI=1S/C10H14N4/c1-7-2-3-9-8(6-7)13-10(12)14(9)5-4-11/h2-3,6H,4-5,11H2,1H3,(H2,12,13). The SMILES string of the molecule is Cc1ccc2c(c1)nc(N)n2CCN. The smallest absolute Gasteiger partial charge is 0.201 e. The van der Waals surface area contributed by atoms with Gasteiger partial charge in [-0.1, -0.05) is 6.07 Å². The quantitative estimate of drug-likeness (QED) is 0.738. The number of hydrogen-bond donors (Lipinski definition) is 2. The number of anilines is 1. The molecule has 0 radical (unpaired) electrons. The van der Waals surface area contributed by atoms with Crippen LogP contribution in [0, 0.1) is 6.92 Å². The van der Waals surface area contributed by atoms with Crippen molar-refractivity contribution in [3.05, 3.63) is 23.8 Å². The highest BCUT2D eigenvalue weighted by atomic mass is 15.2. The molecule has 0 unspecified atom stereocenters. The van der Waals surface area contributed by atoms with Gasteiger partial charge in [0.15, 0.2) is 0 Å². The Labute approximate surface area is 82.5 Å². The van der Waals surface area contributed by atoms with E-state index in [2.05, 4.69) is 11.1 Å². The molecule has 0 fully saturated rings. The van der Waals surface area contributed by atoms with Crippen LogP contribution in [0.2, 0.25) is 0 Å². The second kappa shape index (κ2) is 3.31. The van der Waals surface area contributed by atoms with Gasteiger partial charge >= 0.3 is 0 Å². The number of aromatic nitrogens is 2. The van der Waals surface area contributed by atoms with Gasteiger partial charge in [-0.2, -0.15) is 0 Å². The fraction of sp³-hybridized carbons (Fsp3) is 0.300. The van der Waals surface area contributed by atoms with Crippen molar-refractivity contribution in [2.45, 2.75) is 13.5 Å². The van der Waals surface area contributed by atoms with E-state index in [4.69, 9.17) is 11.5 Å². The van der Waals surface area contributed by atoms with Crippen molar-refractivity contribution in [2.24, 2.45) is 5.73 Å². The lowest BCUT2D eigenvalue weighted by Gasteiger charge is -2.03. The lowest BCUT2D eigenvalue weighted by molar-refractivity contribution is 0.738. The highest BCUT2D eigenvalue weighted by Gasteiger charge is 2.06. The van der Waals surface area contributed by atoms with Crippen molar-refractivity contribution >= 4 is 17.0 Å². The number of fused-ring (bicyclic) bond motifs is 1. The number of nitrogens with zero attached hydrogens (tertiary/aromatic N) is 2. The van der Waals surface area contributed by atoms with Crippen LogP contribution >= 0.6 is 0 Å². The summed E-state index contributed by atoms with van der Waals surface area (Å²) in [6.45, 7) is 3.33. The van der Waals surface area contributed by atoms with Crippen molar-refractivity contribution in [1.82, 2.24) is 9.55 Å². The Bertz CT molecular complexity index is 458. The van der Waals surface area contributed by atoms with Gasteiger partial charge in [0.05, 0.1) is 11.0 Å². The number of hydrogen-bond acceptors (Lipinski definition) is 3. The summed E-state index contributed by atoms with van der Waals surface area (Å²) in [4.78, 5) is 4.28. The topological polar surface area (TPSA) is 69.9 Å². The summed E-state index contributed by atoms with van der Waals surface area (Å²) in [7, 11) is 0. The molecule has 0 aliphatic heterocycles. The number of imidazole rings is 1. The second-order valence-electron chi connectivity index (χ2n) is 3.40. The van der Waals surface area contributed by atoms with Crippen molar-refractivity contribution in [2.75, 3.05) is 12.3 Å². The minimum absolute atomic E-state index is 0.538. The minimum atomic E-state index is 0.538. The molecule has 2 aromatic rings. The Hall–Kier alpha value is -1.55. The highest BCUT2D eigenvalue weighted by molar-refractivity contribution is 5.79. The second-order valence-corrected chi connectivity index (χ2v) is 3.40. The predicted molar refractivity (Wildman–Crippen MR) is 57.9 cm³/mol. The zero-order valence-corrected chi connectivity index (χ0v) is 8.20. The van der Waals surface area contributed by atoms with E-state index >= 15 is 0 Å². The Kier molecular flexibility index (Phi) is 2.13. The summed E-state index contributed by atoms with van der Waals surface area (Å²) in [5.41, 5.74) is 14.5. The number of rotatable bonds is 2. The Morgan fingerprint density at radius 1 is 1.43 bits per heavy atom. The molecule has 74 valence electrons. The van der Waals surface area contributed by atoms with Gasteiger partial charge < -0.3 is 16.0 Å². The van der Waals surface area contributed by atoms with Gasteiger partial charge in [-0.15, -0.1) is 0 Å². The van der Waals surface area contributed by atoms with Gasteiger partial charge in [0.2, 0.25) is 5.95 Å². The Balaban J connectivity index is 2.64. The molecule has 0 aliphatic rings. The fourth-order valence-corrected chi connectivity index (χ4v) is 1.62. The zero-order valence-electron chi connectivity index (χ0n) is 8.20. The monoisotopic (exact) mass is 190 g/mol.